The molecule has 2 N–H and O–H groups in total. The van der Waals surface area contributed by atoms with Gasteiger partial charge in [-0.15, -0.1) is 35.3 Å². The van der Waals surface area contributed by atoms with Crippen LogP contribution in [0, 0.1) is 6.92 Å². The van der Waals surface area contributed by atoms with Gasteiger partial charge in [-0.25, -0.2) is 9.98 Å². The van der Waals surface area contributed by atoms with Crippen molar-refractivity contribution in [2.24, 2.45) is 4.99 Å². The molecular weight excluding hydrogens is 471 g/mol. The van der Waals surface area contributed by atoms with Gasteiger partial charge in [0.15, 0.2) is 5.96 Å². The number of thiazole rings is 1. The average molecular weight is 502 g/mol. The second-order valence-electron chi connectivity index (χ2n) is 6.08. The molecule has 0 fully saturated rings. The maximum Gasteiger partial charge on any atom is 0.191 e. The molecule has 1 aromatic heterocycles. The largest absolute Gasteiger partial charge is 0.494 e. The first-order valence-electron chi connectivity index (χ1n) is 9.36. The van der Waals surface area contributed by atoms with Crippen molar-refractivity contribution >= 4 is 41.3 Å². The summed E-state index contributed by atoms with van der Waals surface area (Å²) in [5, 5.41) is 7.71. The number of rotatable bonds is 10. The number of aryl methyl sites for hydroxylation is 1. The van der Waals surface area contributed by atoms with Crippen LogP contribution in [0.2, 0.25) is 0 Å². The molecule has 0 amide bonds. The number of aliphatic imine (C=N–C) groups is 1. The Hall–Kier alpha value is -1.35. The van der Waals surface area contributed by atoms with E-state index in [9.17, 15) is 0 Å². The van der Waals surface area contributed by atoms with Crippen molar-refractivity contribution in [3.05, 3.63) is 45.9 Å². The Balaban J connectivity index is 0.00000364. The van der Waals surface area contributed by atoms with E-state index >= 15 is 0 Å². The second kappa shape index (κ2) is 13.8. The zero-order valence-corrected chi connectivity index (χ0v) is 19.6. The summed E-state index contributed by atoms with van der Waals surface area (Å²) in [5.74, 6) is 1.78. The molecule has 2 aromatic rings. The lowest BCUT2D eigenvalue weighted by molar-refractivity contribution is 0.309. The average Bonchev–Trinajstić information content (AvgIpc) is 3.06. The number of guanidine groups is 1. The maximum atomic E-state index is 5.70. The Labute approximate surface area is 184 Å². The van der Waals surface area contributed by atoms with E-state index in [0.717, 1.165) is 55.7 Å². The van der Waals surface area contributed by atoms with E-state index in [1.54, 1.807) is 11.3 Å². The minimum absolute atomic E-state index is 0. The number of hydrogen-bond donors (Lipinski definition) is 2. The van der Waals surface area contributed by atoms with Crippen LogP contribution in [0.15, 0.2) is 35.5 Å². The number of nitrogens with one attached hydrogen (secondary N) is 2. The zero-order valence-electron chi connectivity index (χ0n) is 16.5. The first kappa shape index (κ1) is 23.7. The van der Waals surface area contributed by atoms with Crippen LogP contribution in [0.5, 0.6) is 5.75 Å². The smallest absolute Gasteiger partial charge is 0.191 e. The number of hydrogen-bond acceptors (Lipinski definition) is 4. The number of halogens is 1. The molecule has 1 aromatic carbocycles. The fourth-order valence-corrected chi connectivity index (χ4v) is 3.09. The molecule has 0 radical (unpaired) electrons. The van der Waals surface area contributed by atoms with Crippen molar-refractivity contribution in [1.82, 2.24) is 15.6 Å². The van der Waals surface area contributed by atoms with Gasteiger partial charge < -0.3 is 15.4 Å². The third kappa shape index (κ3) is 9.41. The van der Waals surface area contributed by atoms with Crippen molar-refractivity contribution in [3.8, 4) is 5.75 Å². The quantitative estimate of drug-likeness (QED) is 0.217. The molecular formula is C20H31IN4OS. The lowest BCUT2D eigenvalue weighted by Crippen LogP contribution is -2.38. The van der Waals surface area contributed by atoms with Gasteiger partial charge in [0.25, 0.3) is 0 Å². The molecule has 2 rings (SSSR count). The van der Waals surface area contributed by atoms with Crippen LogP contribution in [-0.4, -0.2) is 30.6 Å². The highest BCUT2D eigenvalue weighted by Gasteiger charge is 2.01. The second-order valence-corrected chi connectivity index (χ2v) is 7.40. The summed E-state index contributed by atoms with van der Waals surface area (Å²) in [6.45, 7) is 9.38. The molecule has 0 bridgehead atoms. The zero-order chi connectivity index (χ0) is 18.6. The summed E-state index contributed by atoms with van der Waals surface area (Å²) >= 11 is 1.69. The minimum atomic E-state index is 0. The number of nitrogens with zero attached hydrogens (tertiary/aromatic N) is 2. The van der Waals surface area contributed by atoms with Crippen LogP contribution in [0.3, 0.4) is 0 Å². The van der Waals surface area contributed by atoms with Crippen molar-refractivity contribution in [2.75, 3.05) is 19.7 Å². The number of unbranched alkanes of at least 4 members (excludes halogenated alkanes) is 1. The summed E-state index contributed by atoms with van der Waals surface area (Å²) in [5.41, 5.74) is 1.28. The monoisotopic (exact) mass is 502 g/mol. The Kier molecular flexibility index (Phi) is 12.1. The summed E-state index contributed by atoms with van der Waals surface area (Å²) in [6, 6.07) is 8.36. The van der Waals surface area contributed by atoms with Crippen LogP contribution >= 0.6 is 35.3 Å². The van der Waals surface area contributed by atoms with Gasteiger partial charge in [0.2, 0.25) is 0 Å². The molecule has 0 unspecified atom stereocenters. The lowest BCUT2D eigenvalue weighted by Gasteiger charge is -2.11. The van der Waals surface area contributed by atoms with Gasteiger partial charge in [-0.3, -0.25) is 0 Å². The van der Waals surface area contributed by atoms with Crippen LogP contribution in [0.25, 0.3) is 0 Å². The van der Waals surface area contributed by atoms with Gasteiger partial charge in [-0.05, 0) is 44.4 Å². The number of benzene rings is 1. The van der Waals surface area contributed by atoms with Crippen LogP contribution in [0.4, 0.5) is 0 Å². The molecule has 0 saturated carbocycles. The third-order valence-corrected chi connectivity index (χ3v) is 4.68. The number of aromatic nitrogens is 1. The highest BCUT2D eigenvalue weighted by molar-refractivity contribution is 14.0. The summed E-state index contributed by atoms with van der Waals surface area (Å²) < 4.78 is 5.70. The van der Waals surface area contributed by atoms with E-state index in [1.807, 2.05) is 6.20 Å². The highest BCUT2D eigenvalue weighted by atomic mass is 127. The fourth-order valence-electron chi connectivity index (χ4n) is 2.37. The van der Waals surface area contributed by atoms with E-state index < -0.39 is 0 Å². The van der Waals surface area contributed by atoms with Crippen molar-refractivity contribution in [3.63, 3.8) is 0 Å². The van der Waals surface area contributed by atoms with Gasteiger partial charge in [0, 0.05) is 24.2 Å². The van der Waals surface area contributed by atoms with Crippen molar-refractivity contribution in [2.45, 2.75) is 46.6 Å². The first-order chi connectivity index (χ1) is 12.7. The van der Waals surface area contributed by atoms with Crippen LogP contribution in [-0.2, 0) is 13.0 Å². The predicted molar refractivity (Wildman–Crippen MR) is 126 cm³/mol. The highest BCUT2D eigenvalue weighted by Crippen LogP contribution is 2.13. The van der Waals surface area contributed by atoms with E-state index in [-0.39, 0.29) is 24.0 Å². The Morgan fingerprint density at radius 1 is 1.19 bits per heavy atom. The standard InChI is InChI=1S/C20H30N4OS.HI/c1-4-6-13-25-18-9-7-17(8-10-18)11-12-22-20(21-5-2)24-15-19-23-14-16(3)26-19;/h7-10,14H,4-6,11-13,15H2,1-3H3,(H2,21,22,24);1H. The first-order valence-corrected chi connectivity index (χ1v) is 10.2. The molecule has 0 spiro atoms. The molecule has 1 heterocycles. The minimum Gasteiger partial charge on any atom is -0.494 e. The topological polar surface area (TPSA) is 58.5 Å². The SMILES string of the molecule is CCCCOc1ccc(CCNC(=NCc2ncc(C)s2)NCC)cc1.I. The molecule has 0 atom stereocenters. The third-order valence-electron chi connectivity index (χ3n) is 3.78. The summed E-state index contributed by atoms with van der Waals surface area (Å²) in [6.07, 6.45) is 5.09. The van der Waals surface area contributed by atoms with Gasteiger partial charge >= 0.3 is 0 Å². The summed E-state index contributed by atoms with van der Waals surface area (Å²) in [7, 11) is 0. The van der Waals surface area contributed by atoms with E-state index in [2.05, 4.69) is 65.6 Å². The maximum absolute atomic E-state index is 5.70. The van der Waals surface area contributed by atoms with Gasteiger partial charge in [-0.1, -0.05) is 25.5 Å². The van der Waals surface area contributed by atoms with Crippen molar-refractivity contribution < 1.29 is 4.74 Å². The Morgan fingerprint density at radius 2 is 1.96 bits per heavy atom. The lowest BCUT2D eigenvalue weighted by atomic mass is 10.1. The molecule has 0 aliphatic carbocycles. The van der Waals surface area contributed by atoms with E-state index in [1.165, 1.54) is 10.4 Å². The normalized spacial score (nSPS) is 11.0. The predicted octanol–water partition coefficient (Wildman–Crippen LogP) is 4.55. The molecule has 5 nitrogen and oxygen atoms in total. The molecule has 0 aliphatic heterocycles. The van der Waals surface area contributed by atoms with Crippen LogP contribution in [0.1, 0.15) is 42.1 Å². The van der Waals surface area contributed by atoms with Crippen molar-refractivity contribution in [1.29, 1.82) is 0 Å². The van der Waals surface area contributed by atoms with Gasteiger partial charge in [-0.2, -0.15) is 0 Å². The fraction of sp³-hybridized carbons (Fsp3) is 0.500. The Bertz CT molecular complexity index is 673. The molecule has 0 aliphatic rings. The van der Waals surface area contributed by atoms with Gasteiger partial charge in [0.1, 0.15) is 10.8 Å². The van der Waals surface area contributed by atoms with E-state index in [4.69, 9.17) is 4.74 Å². The Morgan fingerprint density at radius 3 is 2.59 bits per heavy atom. The van der Waals surface area contributed by atoms with Crippen LogP contribution < -0.4 is 15.4 Å². The van der Waals surface area contributed by atoms with E-state index in [0.29, 0.717) is 6.54 Å². The number of ether oxygens (including phenoxy) is 1. The molecule has 27 heavy (non-hydrogen) atoms. The molecule has 7 heteroatoms. The molecule has 0 saturated heterocycles. The molecule has 150 valence electrons. The summed E-state index contributed by atoms with van der Waals surface area (Å²) in [4.78, 5) is 10.2. The van der Waals surface area contributed by atoms with Gasteiger partial charge in [0.05, 0.1) is 13.2 Å².